The first kappa shape index (κ1) is 10.1. The van der Waals surface area contributed by atoms with E-state index in [0.29, 0.717) is 0 Å². The van der Waals surface area contributed by atoms with Crippen LogP contribution in [0.2, 0.25) is 0 Å². The van der Waals surface area contributed by atoms with Gasteiger partial charge in [0.1, 0.15) is 0 Å². The molecule has 0 aliphatic carbocycles. The van der Waals surface area contributed by atoms with Crippen molar-refractivity contribution < 1.29 is 0 Å². The number of rotatable bonds is 2. The molecule has 1 heterocycles. The molecule has 0 saturated carbocycles. The van der Waals surface area contributed by atoms with Gasteiger partial charge in [0.2, 0.25) is 0 Å². The molecular formula is C11H10INS. The van der Waals surface area contributed by atoms with Crippen molar-refractivity contribution in [1.29, 1.82) is 0 Å². The molecule has 0 amide bonds. The van der Waals surface area contributed by atoms with E-state index < -0.39 is 0 Å². The van der Waals surface area contributed by atoms with Crippen molar-refractivity contribution in [1.82, 2.24) is 0 Å². The molecular weight excluding hydrogens is 305 g/mol. The van der Waals surface area contributed by atoms with Crippen LogP contribution in [0.1, 0.15) is 16.5 Å². The molecule has 0 aliphatic heterocycles. The highest BCUT2D eigenvalue weighted by molar-refractivity contribution is 14.1. The molecule has 0 saturated heterocycles. The third kappa shape index (κ3) is 2.16. The smallest absolute Gasteiger partial charge is 0.0646 e. The molecule has 0 bridgehead atoms. The van der Waals surface area contributed by atoms with Gasteiger partial charge >= 0.3 is 0 Å². The number of hydrogen-bond acceptors (Lipinski definition) is 2. The fourth-order valence-electron chi connectivity index (χ4n) is 1.33. The van der Waals surface area contributed by atoms with Crippen LogP contribution in [0.25, 0.3) is 0 Å². The summed E-state index contributed by atoms with van der Waals surface area (Å²) in [5.74, 6) is 0. The van der Waals surface area contributed by atoms with Gasteiger partial charge in [0.25, 0.3) is 0 Å². The van der Waals surface area contributed by atoms with Gasteiger partial charge in [0.15, 0.2) is 0 Å². The van der Waals surface area contributed by atoms with Crippen molar-refractivity contribution in [3.8, 4) is 0 Å². The second kappa shape index (κ2) is 4.42. The van der Waals surface area contributed by atoms with Gasteiger partial charge in [-0.15, -0.1) is 11.3 Å². The SMILES string of the molecule is N[C@H](c1cccc(I)c1)c1cccs1. The van der Waals surface area contributed by atoms with E-state index in [1.54, 1.807) is 11.3 Å². The summed E-state index contributed by atoms with van der Waals surface area (Å²) >= 11 is 4.01. The van der Waals surface area contributed by atoms with E-state index in [4.69, 9.17) is 5.73 Å². The standard InChI is InChI=1S/C11H10INS/c12-9-4-1-3-8(7-9)11(13)10-5-2-6-14-10/h1-7,11H,13H2/t11-/m1/s1. The van der Waals surface area contributed by atoms with Crippen molar-refractivity contribution in [2.45, 2.75) is 6.04 Å². The zero-order chi connectivity index (χ0) is 9.97. The molecule has 2 aromatic rings. The molecule has 0 aliphatic rings. The van der Waals surface area contributed by atoms with Crippen LogP contribution in [-0.4, -0.2) is 0 Å². The molecule has 2 N–H and O–H groups in total. The molecule has 0 unspecified atom stereocenters. The summed E-state index contributed by atoms with van der Waals surface area (Å²) in [6.45, 7) is 0. The summed E-state index contributed by atoms with van der Waals surface area (Å²) in [6, 6.07) is 12.5. The zero-order valence-corrected chi connectivity index (χ0v) is 10.5. The second-order valence-corrected chi connectivity index (χ2v) is 5.27. The molecule has 1 nitrogen and oxygen atoms in total. The quantitative estimate of drug-likeness (QED) is 0.845. The van der Waals surface area contributed by atoms with E-state index in [0.717, 1.165) is 0 Å². The number of benzene rings is 1. The van der Waals surface area contributed by atoms with Gasteiger partial charge in [-0.1, -0.05) is 18.2 Å². The molecule has 0 fully saturated rings. The van der Waals surface area contributed by atoms with E-state index in [9.17, 15) is 0 Å². The summed E-state index contributed by atoms with van der Waals surface area (Å²) in [4.78, 5) is 1.21. The Morgan fingerprint density at radius 3 is 2.71 bits per heavy atom. The monoisotopic (exact) mass is 315 g/mol. The Morgan fingerprint density at radius 1 is 1.21 bits per heavy atom. The maximum atomic E-state index is 6.14. The maximum absolute atomic E-state index is 6.14. The third-order valence-corrected chi connectivity index (χ3v) is 3.68. The molecule has 2 rings (SSSR count). The average molecular weight is 315 g/mol. The first-order valence-corrected chi connectivity index (χ1v) is 6.27. The highest BCUT2D eigenvalue weighted by Gasteiger charge is 2.09. The fourth-order valence-corrected chi connectivity index (χ4v) is 2.65. The second-order valence-electron chi connectivity index (χ2n) is 3.05. The van der Waals surface area contributed by atoms with Gasteiger partial charge in [0, 0.05) is 8.45 Å². The summed E-state index contributed by atoms with van der Waals surface area (Å²) in [5.41, 5.74) is 7.32. The number of thiophene rings is 1. The molecule has 14 heavy (non-hydrogen) atoms. The number of nitrogens with two attached hydrogens (primary N) is 1. The first-order chi connectivity index (χ1) is 6.77. The Balaban J connectivity index is 2.32. The van der Waals surface area contributed by atoms with E-state index in [1.807, 2.05) is 12.1 Å². The molecule has 1 aromatic carbocycles. The average Bonchev–Trinajstić information content (AvgIpc) is 2.69. The molecule has 72 valence electrons. The maximum Gasteiger partial charge on any atom is 0.0646 e. The van der Waals surface area contributed by atoms with Gasteiger partial charge in [-0.2, -0.15) is 0 Å². The Bertz CT molecular complexity index is 411. The van der Waals surface area contributed by atoms with E-state index >= 15 is 0 Å². The number of halogens is 1. The van der Waals surface area contributed by atoms with Gasteiger partial charge in [-0.3, -0.25) is 0 Å². The van der Waals surface area contributed by atoms with Crippen LogP contribution < -0.4 is 5.73 Å². The van der Waals surface area contributed by atoms with Crippen LogP contribution in [0, 0.1) is 3.57 Å². The summed E-state index contributed by atoms with van der Waals surface area (Å²) in [6.07, 6.45) is 0. The predicted molar refractivity (Wildman–Crippen MR) is 69.5 cm³/mol. The topological polar surface area (TPSA) is 26.0 Å². The Labute approximate surface area is 101 Å². The minimum Gasteiger partial charge on any atom is -0.320 e. The summed E-state index contributed by atoms with van der Waals surface area (Å²) < 4.78 is 1.23. The van der Waals surface area contributed by atoms with Gasteiger partial charge in [-0.05, 0) is 51.7 Å². The third-order valence-electron chi connectivity index (χ3n) is 2.06. The van der Waals surface area contributed by atoms with Crippen LogP contribution in [-0.2, 0) is 0 Å². The van der Waals surface area contributed by atoms with Crippen molar-refractivity contribution in [3.63, 3.8) is 0 Å². The van der Waals surface area contributed by atoms with Gasteiger partial charge in [-0.25, -0.2) is 0 Å². The Morgan fingerprint density at radius 2 is 2.07 bits per heavy atom. The van der Waals surface area contributed by atoms with Crippen molar-refractivity contribution in [2.75, 3.05) is 0 Å². The van der Waals surface area contributed by atoms with E-state index in [1.165, 1.54) is 14.0 Å². The largest absolute Gasteiger partial charge is 0.320 e. The lowest BCUT2D eigenvalue weighted by atomic mass is 10.1. The van der Waals surface area contributed by atoms with E-state index in [-0.39, 0.29) is 6.04 Å². The van der Waals surface area contributed by atoms with Crippen LogP contribution >= 0.6 is 33.9 Å². The van der Waals surface area contributed by atoms with Crippen LogP contribution in [0.5, 0.6) is 0 Å². The fraction of sp³-hybridized carbons (Fsp3) is 0.0909. The van der Waals surface area contributed by atoms with Crippen molar-refractivity contribution in [3.05, 3.63) is 55.8 Å². The molecule has 0 spiro atoms. The van der Waals surface area contributed by atoms with Crippen LogP contribution in [0.15, 0.2) is 41.8 Å². The van der Waals surface area contributed by atoms with Crippen molar-refractivity contribution >= 4 is 33.9 Å². The highest BCUT2D eigenvalue weighted by Crippen LogP contribution is 2.24. The lowest BCUT2D eigenvalue weighted by Gasteiger charge is -2.09. The molecule has 0 radical (unpaired) electrons. The van der Waals surface area contributed by atoms with Crippen LogP contribution in [0.4, 0.5) is 0 Å². The van der Waals surface area contributed by atoms with Gasteiger partial charge in [0.05, 0.1) is 6.04 Å². The Kier molecular flexibility index (Phi) is 3.20. The summed E-state index contributed by atoms with van der Waals surface area (Å²) in [5, 5.41) is 2.06. The van der Waals surface area contributed by atoms with E-state index in [2.05, 4.69) is 52.2 Å². The van der Waals surface area contributed by atoms with Crippen molar-refractivity contribution in [2.24, 2.45) is 5.73 Å². The Hall–Kier alpha value is -0.390. The normalized spacial score (nSPS) is 12.7. The minimum absolute atomic E-state index is 0.0183. The lowest BCUT2D eigenvalue weighted by Crippen LogP contribution is -2.09. The van der Waals surface area contributed by atoms with Gasteiger partial charge < -0.3 is 5.73 Å². The zero-order valence-electron chi connectivity index (χ0n) is 7.48. The molecule has 3 heteroatoms. The summed E-state index contributed by atoms with van der Waals surface area (Å²) in [7, 11) is 0. The first-order valence-electron chi connectivity index (χ1n) is 4.32. The number of hydrogen-bond donors (Lipinski definition) is 1. The highest BCUT2D eigenvalue weighted by atomic mass is 127. The van der Waals surface area contributed by atoms with Crippen LogP contribution in [0.3, 0.4) is 0 Å². The molecule has 1 atom stereocenters. The molecule has 1 aromatic heterocycles. The minimum atomic E-state index is 0.0183. The predicted octanol–water partition coefficient (Wildman–Crippen LogP) is 3.40. The lowest BCUT2D eigenvalue weighted by molar-refractivity contribution is 0.892.